The van der Waals surface area contributed by atoms with Crippen molar-refractivity contribution in [2.45, 2.75) is 6.18 Å². The third kappa shape index (κ3) is 4.57. The van der Waals surface area contributed by atoms with Gasteiger partial charge in [0.15, 0.2) is 5.82 Å². The van der Waals surface area contributed by atoms with Gasteiger partial charge in [-0.1, -0.05) is 6.07 Å². The van der Waals surface area contributed by atoms with E-state index in [4.69, 9.17) is 4.74 Å². The van der Waals surface area contributed by atoms with E-state index < -0.39 is 17.8 Å². The average molecular weight is 376 g/mol. The highest BCUT2D eigenvalue weighted by Crippen LogP contribution is 2.30. The zero-order valence-electron chi connectivity index (χ0n) is 14.1. The molecule has 2 amide bonds. The lowest BCUT2D eigenvalue weighted by atomic mass is 10.1. The first kappa shape index (κ1) is 18.3. The number of carbonyl (C=O) groups excluding carboxylic acids is 1. The van der Waals surface area contributed by atoms with Crippen LogP contribution in [0.25, 0.3) is 11.3 Å². The summed E-state index contributed by atoms with van der Waals surface area (Å²) in [4.78, 5) is 12.0. The summed E-state index contributed by atoms with van der Waals surface area (Å²) < 4.78 is 43.2. The summed E-state index contributed by atoms with van der Waals surface area (Å²) in [5.41, 5.74) is 0.664. The molecule has 0 atom stereocenters. The first-order valence-electron chi connectivity index (χ1n) is 7.80. The van der Waals surface area contributed by atoms with Crippen molar-refractivity contribution in [3.63, 3.8) is 0 Å². The molecule has 0 aliphatic rings. The van der Waals surface area contributed by atoms with Crippen LogP contribution in [0, 0.1) is 0 Å². The Kier molecular flexibility index (Phi) is 5.02. The number of aromatic amines is 1. The molecule has 0 spiro atoms. The van der Waals surface area contributed by atoms with Crippen LogP contribution >= 0.6 is 0 Å². The Morgan fingerprint density at radius 2 is 1.81 bits per heavy atom. The first-order chi connectivity index (χ1) is 12.8. The van der Waals surface area contributed by atoms with E-state index in [1.54, 1.807) is 25.3 Å². The standard InChI is InChI=1S/C18H15F3N4O2/c1-27-14-7-5-11(6-8-14)15-10-16(25-24-15)23-17(26)22-13-4-2-3-12(9-13)18(19,20)21/h2-10H,1H3,(H3,22,23,24,25,26). The van der Waals surface area contributed by atoms with Gasteiger partial charge in [0.05, 0.1) is 18.4 Å². The third-order valence-corrected chi connectivity index (χ3v) is 3.67. The normalized spacial score (nSPS) is 11.1. The highest BCUT2D eigenvalue weighted by atomic mass is 19.4. The van der Waals surface area contributed by atoms with Gasteiger partial charge in [0.25, 0.3) is 0 Å². The van der Waals surface area contributed by atoms with Crippen molar-refractivity contribution in [3.05, 3.63) is 60.2 Å². The fourth-order valence-corrected chi connectivity index (χ4v) is 2.36. The minimum absolute atomic E-state index is 0.0215. The Bertz CT molecular complexity index is 936. The average Bonchev–Trinajstić information content (AvgIpc) is 3.09. The molecule has 3 aromatic rings. The van der Waals surface area contributed by atoms with Crippen molar-refractivity contribution >= 4 is 17.5 Å². The molecule has 0 saturated carbocycles. The fourth-order valence-electron chi connectivity index (χ4n) is 2.36. The monoisotopic (exact) mass is 376 g/mol. The molecular formula is C18H15F3N4O2. The smallest absolute Gasteiger partial charge is 0.416 e. The van der Waals surface area contributed by atoms with E-state index in [9.17, 15) is 18.0 Å². The molecule has 0 fully saturated rings. The Morgan fingerprint density at radius 3 is 2.48 bits per heavy atom. The molecule has 27 heavy (non-hydrogen) atoms. The highest BCUT2D eigenvalue weighted by molar-refractivity contribution is 5.99. The maximum Gasteiger partial charge on any atom is 0.416 e. The van der Waals surface area contributed by atoms with Gasteiger partial charge in [-0.3, -0.25) is 10.4 Å². The summed E-state index contributed by atoms with van der Waals surface area (Å²) in [6, 6.07) is 12.5. The van der Waals surface area contributed by atoms with Gasteiger partial charge in [0.2, 0.25) is 0 Å². The molecule has 3 N–H and O–H groups in total. The lowest BCUT2D eigenvalue weighted by molar-refractivity contribution is -0.137. The van der Waals surface area contributed by atoms with Crippen molar-refractivity contribution in [1.29, 1.82) is 0 Å². The van der Waals surface area contributed by atoms with Crippen LogP contribution in [0.3, 0.4) is 0 Å². The number of benzene rings is 2. The van der Waals surface area contributed by atoms with Gasteiger partial charge in [-0.25, -0.2) is 4.79 Å². The van der Waals surface area contributed by atoms with Crippen LogP contribution in [0.5, 0.6) is 5.75 Å². The second-order valence-corrected chi connectivity index (χ2v) is 5.55. The fraction of sp³-hybridized carbons (Fsp3) is 0.111. The SMILES string of the molecule is COc1ccc(-c2cc(NC(=O)Nc3cccc(C(F)(F)F)c3)n[nH]2)cc1. The summed E-state index contributed by atoms with van der Waals surface area (Å²) >= 11 is 0. The van der Waals surface area contributed by atoms with Crippen molar-refractivity contribution in [2.75, 3.05) is 17.7 Å². The molecule has 0 radical (unpaired) electrons. The number of nitrogens with zero attached hydrogens (tertiary/aromatic N) is 1. The molecule has 1 heterocycles. The molecule has 9 heteroatoms. The van der Waals surface area contributed by atoms with Gasteiger partial charge >= 0.3 is 12.2 Å². The van der Waals surface area contributed by atoms with E-state index in [1.165, 1.54) is 12.1 Å². The molecule has 0 saturated heterocycles. The summed E-state index contributed by atoms with van der Waals surface area (Å²) in [6.45, 7) is 0. The number of rotatable bonds is 4. The van der Waals surface area contributed by atoms with Gasteiger partial charge in [-0.2, -0.15) is 18.3 Å². The molecule has 3 rings (SSSR count). The van der Waals surface area contributed by atoms with Crippen molar-refractivity contribution < 1.29 is 22.7 Å². The Labute approximate surface area is 152 Å². The van der Waals surface area contributed by atoms with Crippen molar-refractivity contribution in [2.24, 2.45) is 0 Å². The van der Waals surface area contributed by atoms with Crippen molar-refractivity contribution in [1.82, 2.24) is 10.2 Å². The zero-order valence-corrected chi connectivity index (χ0v) is 14.1. The number of aromatic nitrogens is 2. The Morgan fingerprint density at radius 1 is 1.07 bits per heavy atom. The molecule has 6 nitrogen and oxygen atoms in total. The number of amides is 2. The lowest BCUT2D eigenvalue weighted by Gasteiger charge is -2.09. The second kappa shape index (κ2) is 7.40. The summed E-state index contributed by atoms with van der Waals surface area (Å²) in [5, 5.41) is 11.6. The predicted molar refractivity (Wildman–Crippen MR) is 94.7 cm³/mol. The summed E-state index contributed by atoms with van der Waals surface area (Å²) in [5.74, 6) is 0.933. The van der Waals surface area contributed by atoms with Crippen LogP contribution in [0.1, 0.15) is 5.56 Å². The van der Waals surface area contributed by atoms with E-state index in [-0.39, 0.29) is 11.5 Å². The third-order valence-electron chi connectivity index (χ3n) is 3.67. The summed E-state index contributed by atoms with van der Waals surface area (Å²) in [7, 11) is 1.57. The first-order valence-corrected chi connectivity index (χ1v) is 7.80. The van der Waals surface area contributed by atoms with Gasteiger partial charge < -0.3 is 10.1 Å². The van der Waals surface area contributed by atoms with Crippen LogP contribution in [0.2, 0.25) is 0 Å². The molecule has 2 aromatic carbocycles. The minimum Gasteiger partial charge on any atom is -0.497 e. The van der Waals surface area contributed by atoms with Gasteiger partial charge in [-0.05, 0) is 48.0 Å². The zero-order chi connectivity index (χ0) is 19.4. The van der Waals surface area contributed by atoms with Crippen LogP contribution in [-0.2, 0) is 6.18 Å². The van der Waals surface area contributed by atoms with Gasteiger partial charge in [0.1, 0.15) is 5.75 Å². The molecule has 0 unspecified atom stereocenters. The van der Waals surface area contributed by atoms with E-state index >= 15 is 0 Å². The summed E-state index contributed by atoms with van der Waals surface area (Å²) in [6.07, 6.45) is -4.48. The molecular weight excluding hydrogens is 361 g/mol. The van der Waals surface area contributed by atoms with E-state index in [0.717, 1.165) is 17.7 Å². The second-order valence-electron chi connectivity index (χ2n) is 5.55. The topological polar surface area (TPSA) is 79.0 Å². The number of carbonyl (C=O) groups is 1. The lowest BCUT2D eigenvalue weighted by Crippen LogP contribution is -2.20. The quantitative estimate of drug-likeness (QED) is 0.615. The molecule has 1 aromatic heterocycles. The van der Waals surface area contributed by atoms with Crippen LogP contribution in [-0.4, -0.2) is 23.3 Å². The number of hydrogen-bond acceptors (Lipinski definition) is 3. The number of methoxy groups -OCH3 is 1. The Balaban J connectivity index is 1.66. The number of alkyl halides is 3. The highest BCUT2D eigenvalue weighted by Gasteiger charge is 2.30. The van der Waals surface area contributed by atoms with E-state index in [2.05, 4.69) is 20.8 Å². The van der Waals surface area contributed by atoms with Gasteiger partial charge in [-0.15, -0.1) is 0 Å². The van der Waals surface area contributed by atoms with Crippen LogP contribution < -0.4 is 15.4 Å². The van der Waals surface area contributed by atoms with Crippen LogP contribution in [0.4, 0.5) is 29.5 Å². The predicted octanol–water partition coefficient (Wildman–Crippen LogP) is 4.75. The Hall–Kier alpha value is -3.49. The number of anilines is 2. The van der Waals surface area contributed by atoms with E-state index in [1.807, 2.05) is 12.1 Å². The maximum atomic E-state index is 12.7. The molecule has 0 bridgehead atoms. The molecule has 0 aliphatic carbocycles. The molecule has 140 valence electrons. The number of nitrogens with one attached hydrogen (secondary N) is 3. The van der Waals surface area contributed by atoms with Crippen molar-refractivity contribution in [3.8, 4) is 17.0 Å². The molecule has 0 aliphatic heterocycles. The number of halogens is 3. The largest absolute Gasteiger partial charge is 0.497 e. The van der Waals surface area contributed by atoms with Gasteiger partial charge in [0, 0.05) is 11.8 Å². The minimum atomic E-state index is -4.48. The van der Waals surface area contributed by atoms with E-state index in [0.29, 0.717) is 11.4 Å². The number of ether oxygens (including phenoxy) is 1. The maximum absolute atomic E-state index is 12.7. The number of urea groups is 1. The number of hydrogen-bond donors (Lipinski definition) is 3. The number of H-pyrrole nitrogens is 1. The van der Waals surface area contributed by atoms with Crippen LogP contribution in [0.15, 0.2) is 54.6 Å².